The highest BCUT2D eigenvalue weighted by molar-refractivity contribution is 9.08. The summed E-state index contributed by atoms with van der Waals surface area (Å²) in [5.74, 6) is -1.40. The van der Waals surface area contributed by atoms with Crippen LogP contribution in [0.25, 0.3) is 0 Å². The second-order valence-corrected chi connectivity index (χ2v) is 5.18. The largest absolute Gasteiger partial charge is 0.478 e. The highest BCUT2D eigenvalue weighted by Crippen LogP contribution is 2.16. The van der Waals surface area contributed by atoms with E-state index in [-0.39, 0.29) is 11.5 Å². The first-order chi connectivity index (χ1) is 10.5. The third-order valence-corrected chi connectivity index (χ3v) is 3.59. The third-order valence-electron chi connectivity index (χ3n) is 2.94. The fraction of sp³-hybridized carbons (Fsp3) is 0.267. The number of halogens is 1. The molecular weight excluding hydrogens is 352 g/mol. The number of nitrogens with zero attached hydrogens (tertiary/aromatic N) is 2. The molecule has 0 radical (unpaired) electrons. The maximum atomic E-state index is 11.9. The van der Waals surface area contributed by atoms with E-state index in [4.69, 9.17) is 9.84 Å². The molecule has 1 N–H and O–H groups in total. The van der Waals surface area contributed by atoms with Crippen molar-refractivity contribution in [2.75, 3.05) is 6.61 Å². The minimum Gasteiger partial charge on any atom is -0.478 e. The zero-order valence-electron chi connectivity index (χ0n) is 12.0. The first kappa shape index (κ1) is 16.2. The fourth-order valence-corrected chi connectivity index (χ4v) is 2.33. The molecule has 0 atom stereocenters. The van der Waals surface area contributed by atoms with Gasteiger partial charge in [-0.05, 0) is 30.2 Å². The van der Waals surface area contributed by atoms with Crippen molar-refractivity contribution < 1.29 is 19.4 Å². The van der Waals surface area contributed by atoms with E-state index in [0.29, 0.717) is 24.0 Å². The predicted octanol–water partition coefficient (Wildman–Crippen LogP) is 2.70. The summed E-state index contributed by atoms with van der Waals surface area (Å²) < 4.78 is 6.53. The Morgan fingerprint density at radius 2 is 2.00 bits per heavy atom. The number of hydrogen-bond donors (Lipinski definition) is 1. The summed E-state index contributed by atoms with van der Waals surface area (Å²) >= 11 is 3.37. The average molecular weight is 367 g/mol. The van der Waals surface area contributed by atoms with Gasteiger partial charge in [-0.3, -0.25) is 4.68 Å². The number of rotatable bonds is 6. The molecule has 1 aromatic heterocycles. The maximum absolute atomic E-state index is 11.9. The van der Waals surface area contributed by atoms with Crippen LogP contribution >= 0.6 is 15.9 Å². The summed E-state index contributed by atoms with van der Waals surface area (Å²) in [6.45, 7) is 2.44. The van der Waals surface area contributed by atoms with Crippen LogP contribution in [0.15, 0.2) is 30.6 Å². The van der Waals surface area contributed by atoms with Gasteiger partial charge in [0, 0.05) is 11.5 Å². The Labute approximate surface area is 135 Å². The molecule has 2 aromatic rings. The smallest absolute Gasteiger partial charge is 0.338 e. The number of esters is 1. The van der Waals surface area contributed by atoms with E-state index in [1.165, 1.54) is 17.1 Å². The Hall–Kier alpha value is -2.15. The van der Waals surface area contributed by atoms with Crippen molar-refractivity contribution in [2.45, 2.75) is 18.8 Å². The molecule has 1 heterocycles. The number of hydrogen-bond acceptors (Lipinski definition) is 4. The molecule has 1 aromatic carbocycles. The highest BCUT2D eigenvalue weighted by Gasteiger charge is 2.11. The van der Waals surface area contributed by atoms with E-state index >= 15 is 0 Å². The number of ether oxygens (including phenoxy) is 1. The number of carbonyl (C=O) groups excluding carboxylic acids is 1. The lowest BCUT2D eigenvalue weighted by molar-refractivity contribution is 0.0525. The van der Waals surface area contributed by atoms with E-state index in [1.54, 1.807) is 19.1 Å². The lowest BCUT2D eigenvalue weighted by Gasteiger charge is -2.08. The van der Waals surface area contributed by atoms with Crippen molar-refractivity contribution in [3.8, 4) is 0 Å². The zero-order chi connectivity index (χ0) is 16.1. The van der Waals surface area contributed by atoms with E-state index in [1.807, 2.05) is 6.07 Å². The molecule has 0 amide bonds. The molecular formula is C15H15BrN2O4. The molecule has 0 aliphatic rings. The number of alkyl halides is 1. The number of carboxylic acid groups (broad SMARTS) is 1. The quantitative estimate of drug-likeness (QED) is 0.627. The lowest BCUT2D eigenvalue weighted by atomic mass is 10.1. The molecule has 0 aliphatic heterocycles. The van der Waals surface area contributed by atoms with Gasteiger partial charge in [0.05, 0.1) is 30.5 Å². The topological polar surface area (TPSA) is 81.4 Å². The van der Waals surface area contributed by atoms with Crippen molar-refractivity contribution >= 4 is 27.9 Å². The van der Waals surface area contributed by atoms with Crippen LogP contribution in [-0.4, -0.2) is 33.4 Å². The Balaban J connectivity index is 2.27. The first-order valence-corrected chi connectivity index (χ1v) is 7.77. The summed E-state index contributed by atoms with van der Waals surface area (Å²) in [5.41, 5.74) is 2.38. The van der Waals surface area contributed by atoms with E-state index in [0.717, 1.165) is 11.1 Å². The molecule has 116 valence electrons. The number of carboxylic acids is 1. The Morgan fingerprint density at radius 1 is 1.27 bits per heavy atom. The van der Waals surface area contributed by atoms with Gasteiger partial charge in [0.15, 0.2) is 0 Å². The van der Waals surface area contributed by atoms with Gasteiger partial charge in [0.1, 0.15) is 0 Å². The SMILES string of the molecule is CCOC(=O)c1cc(CBr)cc(Cn2cc(C(=O)O)cn2)c1. The van der Waals surface area contributed by atoms with Crippen molar-refractivity contribution in [3.05, 3.63) is 52.8 Å². The molecule has 7 heteroatoms. The minimum atomic E-state index is -1.02. The predicted molar refractivity (Wildman–Crippen MR) is 83.3 cm³/mol. The van der Waals surface area contributed by atoms with Gasteiger partial charge in [0.25, 0.3) is 0 Å². The van der Waals surface area contributed by atoms with Gasteiger partial charge in [0.2, 0.25) is 0 Å². The lowest BCUT2D eigenvalue weighted by Crippen LogP contribution is -2.08. The molecule has 0 spiro atoms. The molecule has 0 aliphatic carbocycles. The van der Waals surface area contributed by atoms with Crippen LogP contribution in [0.2, 0.25) is 0 Å². The monoisotopic (exact) mass is 366 g/mol. The van der Waals surface area contributed by atoms with Gasteiger partial charge >= 0.3 is 11.9 Å². The van der Waals surface area contributed by atoms with Crippen molar-refractivity contribution in [3.63, 3.8) is 0 Å². The minimum absolute atomic E-state index is 0.127. The van der Waals surface area contributed by atoms with E-state index < -0.39 is 5.97 Å². The third kappa shape index (κ3) is 3.94. The van der Waals surface area contributed by atoms with Crippen molar-refractivity contribution in [2.24, 2.45) is 0 Å². The second-order valence-electron chi connectivity index (χ2n) is 4.62. The fourth-order valence-electron chi connectivity index (χ4n) is 2.01. The van der Waals surface area contributed by atoms with Crippen LogP contribution in [-0.2, 0) is 16.6 Å². The molecule has 0 bridgehead atoms. The second kappa shape index (κ2) is 7.22. The van der Waals surface area contributed by atoms with E-state index in [9.17, 15) is 9.59 Å². The highest BCUT2D eigenvalue weighted by atomic mass is 79.9. The van der Waals surface area contributed by atoms with Crippen LogP contribution < -0.4 is 0 Å². The molecule has 2 rings (SSSR count). The molecule has 0 fully saturated rings. The van der Waals surface area contributed by atoms with Crippen LogP contribution in [0, 0.1) is 0 Å². The van der Waals surface area contributed by atoms with Crippen molar-refractivity contribution in [1.29, 1.82) is 0 Å². The van der Waals surface area contributed by atoms with Crippen molar-refractivity contribution in [1.82, 2.24) is 9.78 Å². The Kier molecular flexibility index (Phi) is 5.32. The molecule has 0 saturated heterocycles. The molecule has 0 saturated carbocycles. The molecule has 0 unspecified atom stereocenters. The Bertz CT molecular complexity index is 697. The number of benzene rings is 1. The van der Waals surface area contributed by atoms with Gasteiger partial charge in [-0.2, -0.15) is 5.10 Å². The van der Waals surface area contributed by atoms with Gasteiger partial charge in [-0.1, -0.05) is 22.0 Å². The van der Waals surface area contributed by atoms with E-state index in [2.05, 4.69) is 21.0 Å². The van der Waals surface area contributed by atoms with Gasteiger partial charge < -0.3 is 9.84 Å². The molecule has 6 nitrogen and oxygen atoms in total. The zero-order valence-corrected chi connectivity index (χ0v) is 13.5. The number of aromatic nitrogens is 2. The summed E-state index contributed by atoms with van der Waals surface area (Å²) in [4.78, 5) is 22.7. The maximum Gasteiger partial charge on any atom is 0.338 e. The summed E-state index contributed by atoms with van der Waals surface area (Å²) in [5, 5.41) is 13.5. The first-order valence-electron chi connectivity index (χ1n) is 6.65. The molecule has 22 heavy (non-hydrogen) atoms. The number of carbonyl (C=O) groups is 2. The normalized spacial score (nSPS) is 10.5. The van der Waals surface area contributed by atoms with Gasteiger partial charge in [-0.15, -0.1) is 0 Å². The summed E-state index contributed by atoms with van der Waals surface area (Å²) in [6.07, 6.45) is 2.75. The van der Waals surface area contributed by atoms with Crippen LogP contribution in [0.5, 0.6) is 0 Å². The van der Waals surface area contributed by atoms with Crippen LogP contribution in [0.4, 0.5) is 0 Å². The summed E-state index contributed by atoms with van der Waals surface area (Å²) in [6, 6.07) is 5.42. The standard InChI is InChI=1S/C15H15BrN2O4/c1-2-22-15(21)12-4-10(6-16)3-11(5-12)8-18-9-13(7-17-18)14(19)20/h3-5,7,9H,2,6,8H2,1H3,(H,19,20). The van der Waals surface area contributed by atoms with Gasteiger partial charge in [-0.25, -0.2) is 9.59 Å². The van der Waals surface area contributed by atoms with Crippen LogP contribution in [0.1, 0.15) is 38.8 Å². The average Bonchev–Trinajstić information content (AvgIpc) is 2.96. The Morgan fingerprint density at radius 3 is 2.59 bits per heavy atom. The summed E-state index contributed by atoms with van der Waals surface area (Å²) in [7, 11) is 0. The number of aromatic carboxylic acids is 1. The van der Waals surface area contributed by atoms with Crippen LogP contribution in [0.3, 0.4) is 0 Å².